The maximum Gasteiger partial charge on any atom is 0.0642 e. The highest BCUT2D eigenvalue weighted by molar-refractivity contribution is 8.00. The SMILES string of the molecule is CCCCCC1NCCN(C(CCCCC)N2CCNC(CCCCC)SC2CCCCC)C(CCCCC)S1. The lowest BCUT2D eigenvalue weighted by Gasteiger charge is -2.45. The molecule has 0 aromatic rings. The molecule has 238 valence electrons. The van der Waals surface area contributed by atoms with Crippen LogP contribution < -0.4 is 10.6 Å². The first-order valence-corrected chi connectivity index (χ1v) is 19.9. The molecule has 0 aliphatic carbocycles. The van der Waals surface area contributed by atoms with Crippen molar-refractivity contribution >= 4 is 23.5 Å². The molecule has 2 N–H and O–H groups in total. The Balaban J connectivity index is 2.29. The molecule has 2 aliphatic heterocycles. The van der Waals surface area contributed by atoms with Crippen LogP contribution >= 0.6 is 23.5 Å². The lowest BCUT2D eigenvalue weighted by atomic mass is 10.1. The highest BCUT2D eigenvalue weighted by atomic mass is 32.2. The number of rotatable bonds is 22. The van der Waals surface area contributed by atoms with Crippen molar-refractivity contribution in [3.63, 3.8) is 0 Å². The van der Waals surface area contributed by atoms with E-state index in [1.54, 1.807) is 0 Å². The van der Waals surface area contributed by atoms with Gasteiger partial charge >= 0.3 is 0 Å². The number of hydrogen-bond acceptors (Lipinski definition) is 6. The van der Waals surface area contributed by atoms with E-state index < -0.39 is 0 Å². The molecule has 2 rings (SSSR count). The zero-order valence-corrected chi connectivity index (χ0v) is 29.2. The third-order valence-corrected chi connectivity index (χ3v) is 12.1. The van der Waals surface area contributed by atoms with E-state index in [9.17, 15) is 0 Å². The van der Waals surface area contributed by atoms with Crippen molar-refractivity contribution < 1.29 is 0 Å². The molecule has 0 saturated carbocycles. The molecule has 40 heavy (non-hydrogen) atoms. The highest BCUT2D eigenvalue weighted by Crippen LogP contribution is 2.37. The van der Waals surface area contributed by atoms with E-state index in [0.717, 1.165) is 13.1 Å². The lowest BCUT2D eigenvalue weighted by molar-refractivity contribution is 0.0181. The van der Waals surface area contributed by atoms with Crippen molar-refractivity contribution in [2.45, 2.75) is 191 Å². The van der Waals surface area contributed by atoms with Crippen molar-refractivity contribution in [2.75, 3.05) is 26.2 Å². The van der Waals surface area contributed by atoms with E-state index in [1.165, 1.54) is 142 Å². The Hall–Kier alpha value is 0.540. The van der Waals surface area contributed by atoms with Gasteiger partial charge in [0.15, 0.2) is 0 Å². The summed E-state index contributed by atoms with van der Waals surface area (Å²) >= 11 is 4.60. The maximum atomic E-state index is 4.00. The van der Waals surface area contributed by atoms with Gasteiger partial charge in [0.25, 0.3) is 0 Å². The van der Waals surface area contributed by atoms with Crippen LogP contribution in [-0.2, 0) is 0 Å². The Morgan fingerprint density at radius 3 is 1.30 bits per heavy atom. The molecule has 0 bridgehead atoms. The third-order valence-electron chi connectivity index (χ3n) is 8.95. The largest absolute Gasteiger partial charge is 0.304 e. The molecule has 2 heterocycles. The van der Waals surface area contributed by atoms with E-state index in [1.807, 2.05) is 0 Å². The topological polar surface area (TPSA) is 30.5 Å². The lowest BCUT2D eigenvalue weighted by Crippen LogP contribution is -2.55. The molecular weight excluding hydrogens is 529 g/mol. The first-order valence-electron chi connectivity index (χ1n) is 18.0. The highest BCUT2D eigenvalue weighted by Gasteiger charge is 2.38. The average molecular weight is 599 g/mol. The van der Waals surface area contributed by atoms with Crippen LogP contribution in [0.3, 0.4) is 0 Å². The molecule has 2 saturated heterocycles. The molecule has 2 aliphatic rings. The van der Waals surface area contributed by atoms with Crippen molar-refractivity contribution in [3.8, 4) is 0 Å². The first-order chi connectivity index (χ1) is 19.7. The molecule has 0 amide bonds. The summed E-state index contributed by atoms with van der Waals surface area (Å²) in [5.74, 6) is 0. The second kappa shape index (κ2) is 23.9. The third kappa shape index (κ3) is 14.3. The van der Waals surface area contributed by atoms with Crippen molar-refractivity contribution in [1.29, 1.82) is 0 Å². The molecule has 6 heteroatoms. The van der Waals surface area contributed by atoms with Crippen LogP contribution in [0.25, 0.3) is 0 Å². The van der Waals surface area contributed by atoms with Crippen LogP contribution in [0.4, 0.5) is 0 Å². The molecule has 4 atom stereocenters. The van der Waals surface area contributed by atoms with Gasteiger partial charge in [0, 0.05) is 26.2 Å². The van der Waals surface area contributed by atoms with Gasteiger partial charge in [-0.05, 0) is 32.1 Å². The summed E-state index contributed by atoms with van der Waals surface area (Å²) in [7, 11) is 0. The summed E-state index contributed by atoms with van der Waals surface area (Å²) in [5, 5.41) is 10.6. The predicted octanol–water partition coefficient (Wildman–Crippen LogP) is 9.80. The minimum absolute atomic E-state index is 0.581. The Morgan fingerprint density at radius 2 is 0.900 bits per heavy atom. The van der Waals surface area contributed by atoms with E-state index in [4.69, 9.17) is 0 Å². The standard InChI is InChI=1S/C34H70N4S2/c1-6-11-16-21-30-35-26-28-37(33(39-30)24-19-14-9-4)32(23-18-13-8-3)38-29-27-36-31(22-17-12-7-2)40-34(38)25-20-15-10-5/h30-36H,6-29H2,1-5H3. The van der Waals surface area contributed by atoms with Crippen LogP contribution in [0, 0.1) is 0 Å². The summed E-state index contributed by atoms with van der Waals surface area (Å²) in [6, 6.07) is 0. The molecule has 2 fully saturated rings. The Labute approximate surface area is 260 Å². The van der Waals surface area contributed by atoms with E-state index >= 15 is 0 Å². The second-order valence-corrected chi connectivity index (χ2v) is 15.3. The summed E-state index contributed by atoms with van der Waals surface area (Å²) in [6.07, 6.45) is 27.6. The Morgan fingerprint density at radius 1 is 0.525 bits per heavy atom. The van der Waals surface area contributed by atoms with Gasteiger partial charge in [-0.15, -0.1) is 23.5 Å². The number of hydrogen-bond donors (Lipinski definition) is 2. The Bertz CT molecular complexity index is 536. The maximum absolute atomic E-state index is 4.00. The summed E-state index contributed by atoms with van der Waals surface area (Å²) in [5.41, 5.74) is 0. The van der Waals surface area contributed by atoms with Crippen molar-refractivity contribution in [2.24, 2.45) is 0 Å². The van der Waals surface area contributed by atoms with Gasteiger partial charge in [0.2, 0.25) is 0 Å². The van der Waals surface area contributed by atoms with Gasteiger partial charge in [-0.1, -0.05) is 131 Å². The van der Waals surface area contributed by atoms with E-state index in [-0.39, 0.29) is 0 Å². The zero-order valence-electron chi connectivity index (χ0n) is 27.6. The minimum atomic E-state index is 0.581. The van der Waals surface area contributed by atoms with Gasteiger partial charge in [0.1, 0.15) is 0 Å². The van der Waals surface area contributed by atoms with Crippen LogP contribution in [0.5, 0.6) is 0 Å². The summed E-state index contributed by atoms with van der Waals surface area (Å²) in [6.45, 7) is 16.5. The van der Waals surface area contributed by atoms with E-state index in [2.05, 4.69) is 78.6 Å². The molecule has 4 nitrogen and oxygen atoms in total. The van der Waals surface area contributed by atoms with Crippen molar-refractivity contribution in [1.82, 2.24) is 20.4 Å². The average Bonchev–Trinajstić information content (AvgIpc) is 3.28. The van der Waals surface area contributed by atoms with Gasteiger partial charge < -0.3 is 10.6 Å². The number of nitrogens with zero attached hydrogens (tertiary/aromatic N) is 2. The number of unbranched alkanes of at least 4 members (excludes halogenated alkanes) is 10. The fraction of sp³-hybridized carbons (Fsp3) is 1.00. The monoisotopic (exact) mass is 599 g/mol. The second-order valence-electron chi connectivity index (χ2n) is 12.5. The molecule has 0 spiro atoms. The van der Waals surface area contributed by atoms with Crippen LogP contribution in [0.1, 0.15) is 163 Å². The molecular formula is C34H70N4S2. The zero-order chi connectivity index (χ0) is 28.8. The predicted molar refractivity (Wildman–Crippen MR) is 184 cm³/mol. The number of nitrogens with one attached hydrogen (secondary N) is 2. The molecule has 4 unspecified atom stereocenters. The van der Waals surface area contributed by atoms with Gasteiger partial charge in [-0.25, -0.2) is 0 Å². The minimum Gasteiger partial charge on any atom is -0.304 e. The van der Waals surface area contributed by atoms with Gasteiger partial charge in [-0.3, -0.25) is 9.80 Å². The molecule has 0 aromatic heterocycles. The first kappa shape index (κ1) is 36.7. The van der Waals surface area contributed by atoms with Crippen molar-refractivity contribution in [3.05, 3.63) is 0 Å². The van der Waals surface area contributed by atoms with E-state index in [0.29, 0.717) is 27.7 Å². The van der Waals surface area contributed by atoms with Gasteiger partial charge in [-0.2, -0.15) is 0 Å². The normalized spacial score (nSPS) is 26.0. The summed E-state index contributed by atoms with van der Waals surface area (Å²) in [4.78, 5) is 6.04. The van der Waals surface area contributed by atoms with Crippen LogP contribution in [-0.4, -0.2) is 63.6 Å². The molecule has 0 aromatic carbocycles. The fourth-order valence-electron chi connectivity index (χ4n) is 6.52. The summed E-state index contributed by atoms with van der Waals surface area (Å²) < 4.78 is 0. The Kier molecular flexibility index (Phi) is 22.0. The smallest absolute Gasteiger partial charge is 0.0642 e. The van der Waals surface area contributed by atoms with Crippen LogP contribution in [0.15, 0.2) is 0 Å². The van der Waals surface area contributed by atoms with Crippen LogP contribution in [0.2, 0.25) is 0 Å². The number of thioether (sulfide) groups is 2. The quantitative estimate of drug-likeness (QED) is 0.121. The fourth-order valence-corrected chi connectivity index (χ4v) is 9.72. The molecule has 0 radical (unpaired) electrons. The van der Waals surface area contributed by atoms with Gasteiger partial charge in [0.05, 0.1) is 27.7 Å².